The van der Waals surface area contributed by atoms with E-state index in [4.69, 9.17) is 17.3 Å². The molecule has 2 aromatic carbocycles. The molecule has 9 heteroatoms. The SMILES string of the molecule is Nc1c(Nc2cc(C(F)(F)F)ccc2Cl)ncnc1Sc1ccccc1. The lowest BCUT2D eigenvalue weighted by atomic mass is 10.2. The predicted molar refractivity (Wildman–Crippen MR) is 96.7 cm³/mol. The zero-order valence-electron chi connectivity index (χ0n) is 13.1. The molecule has 1 heterocycles. The average Bonchev–Trinajstić information content (AvgIpc) is 2.60. The van der Waals surface area contributed by atoms with Gasteiger partial charge in [0, 0.05) is 4.90 Å². The molecule has 0 atom stereocenters. The Hall–Kier alpha value is -2.45. The van der Waals surface area contributed by atoms with Gasteiger partial charge in [0.1, 0.15) is 17.0 Å². The van der Waals surface area contributed by atoms with Gasteiger partial charge in [-0.1, -0.05) is 41.6 Å². The standard InChI is InChI=1S/C17H12ClF3N4S/c18-12-7-6-10(17(19,20)21)8-13(12)25-15-14(22)16(24-9-23-15)26-11-4-2-1-3-5-11/h1-9H,22H2,(H,23,24,25). The molecule has 4 nitrogen and oxygen atoms in total. The summed E-state index contributed by atoms with van der Waals surface area (Å²) >= 11 is 7.32. The number of benzene rings is 2. The number of nitrogen functional groups attached to an aromatic ring is 1. The molecular weight excluding hydrogens is 385 g/mol. The number of hydrogen-bond acceptors (Lipinski definition) is 5. The highest BCUT2D eigenvalue weighted by Crippen LogP contribution is 2.37. The van der Waals surface area contributed by atoms with E-state index < -0.39 is 11.7 Å². The molecule has 134 valence electrons. The number of halogens is 4. The normalized spacial score (nSPS) is 11.4. The smallest absolute Gasteiger partial charge is 0.394 e. The van der Waals surface area contributed by atoms with Crippen molar-refractivity contribution >= 4 is 40.6 Å². The largest absolute Gasteiger partial charge is 0.416 e. The molecule has 0 saturated carbocycles. The van der Waals surface area contributed by atoms with E-state index >= 15 is 0 Å². The summed E-state index contributed by atoms with van der Waals surface area (Å²) in [6.07, 6.45) is -3.20. The van der Waals surface area contributed by atoms with E-state index in [1.165, 1.54) is 24.2 Å². The molecule has 0 unspecified atom stereocenters. The number of nitrogens with two attached hydrogens (primary N) is 1. The number of nitrogens with one attached hydrogen (secondary N) is 1. The molecule has 0 bridgehead atoms. The van der Waals surface area contributed by atoms with E-state index in [0.29, 0.717) is 5.03 Å². The minimum Gasteiger partial charge on any atom is -0.394 e. The lowest BCUT2D eigenvalue weighted by Crippen LogP contribution is -2.07. The zero-order chi connectivity index (χ0) is 18.7. The molecule has 0 saturated heterocycles. The van der Waals surface area contributed by atoms with Gasteiger partial charge in [-0.05, 0) is 30.3 Å². The molecule has 0 amide bonds. The Morgan fingerprint density at radius 2 is 1.77 bits per heavy atom. The van der Waals surface area contributed by atoms with Crippen LogP contribution in [0.15, 0.2) is 64.8 Å². The van der Waals surface area contributed by atoms with Crippen molar-refractivity contribution in [1.29, 1.82) is 0 Å². The zero-order valence-corrected chi connectivity index (χ0v) is 14.7. The summed E-state index contributed by atoms with van der Waals surface area (Å²) in [5, 5.41) is 3.36. The van der Waals surface area contributed by atoms with Crippen LogP contribution in [-0.2, 0) is 6.18 Å². The Balaban J connectivity index is 1.90. The molecule has 0 aliphatic rings. The van der Waals surface area contributed by atoms with Crippen molar-refractivity contribution < 1.29 is 13.2 Å². The molecule has 3 rings (SSSR count). The first-order chi connectivity index (χ1) is 12.3. The molecule has 3 aromatic rings. The highest BCUT2D eigenvalue weighted by atomic mass is 35.5. The molecule has 0 fully saturated rings. The third kappa shape index (κ3) is 4.20. The van der Waals surface area contributed by atoms with Crippen LogP contribution in [0.5, 0.6) is 0 Å². The van der Waals surface area contributed by atoms with Crippen LogP contribution in [0.2, 0.25) is 5.02 Å². The summed E-state index contributed by atoms with van der Waals surface area (Å²) in [6, 6.07) is 12.4. The first-order valence-electron chi connectivity index (χ1n) is 7.32. The van der Waals surface area contributed by atoms with Gasteiger partial charge in [0.15, 0.2) is 5.82 Å². The maximum atomic E-state index is 12.9. The van der Waals surface area contributed by atoms with Gasteiger partial charge < -0.3 is 11.1 Å². The van der Waals surface area contributed by atoms with Crippen LogP contribution >= 0.6 is 23.4 Å². The van der Waals surface area contributed by atoms with Crippen LogP contribution in [0.1, 0.15) is 5.56 Å². The van der Waals surface area contributed by atoms with Gasteiger partial charge >= 0.3 is 6.18 Å². The second kappa shape index (κ2) is 7.43. The third-order valence-corrected chi connectivity index (χ3v) is 4.71. The topological polar surface area (TPSA) is 63.8 Å². The van der Waals surface area contributed by atoms with Crippen LogP contribution < -0.4 is 11.1 Å². The van der Waals surface area contributed by atoms with Crippen molar-refractivity contribution in [2.75, 3.05) is 11.1 Å². The van der Waals surface area contributed by atoms with Crippen LogP contribution in [0.3, 0.4) is 0 Å². The van der Waals surface area contributed by atoms with Crippen molar-refractivity contribution in [3.63, 3.8) is 0 Å². The number of alkyl halides is 3. The lowest BCUT2D eigenvalue weighted by Gasteiger charge is -2.14. The fourth-order valence-corrected chi connectivity index (χ4v) is 3.07. The fourth-order valence-electron chi connectivity index (χ4n) is 2.09. The molecule has 26 heavy (non-hydrogen) atoms. The van der Waals surface area contributed by atoms with Crippen molar-refractivity contribution in [3.05, 3.63) is 65.4 Å². The summed E-state index contributed by atoms with van der Waals surface area (Å²) in [7, 11) is 0. The molecule has 0 spiro atoms. The Bertz CT molecular complexity index is 920. The Morgan fingerprint density at radius 3 is 2.46 bits per heavy atom. The molecule has 1 aromatic heterocycles. The van der Waals surface area contributed by atoms with Gasteiger partial charge in [-0.2, -0.15) is 13.2 Å². The minimum absolute atomic E-state index is 0.0579. The van der Waals surface area contributed by atoms with Crippen LogP contribution in [0.4, 0.5) is 30.4 Å². The van der Waals surface area contributed by atoms with E-state index in [2.05, 4.69) is 15.3 Å². The maximum Gasteiger partial charge on any atom is 0.416 e. The van der Waals surface area contributed by atoms with Gasteiger partial charge in [-0.25, -0.2) is 9.97 Å². The fraction of sp³-hybridized carbons (Fsp3) is 0.0588. The average molecular weight is 397 g/mol. The molecule has 3 N–H and O–H groups in total. The van der Waals surface area contributed by atoms with E-state index in [1.807, 2.05) is 30.3 Å². The van der Waals surface area contributed by atoms with Gasteiger partial charge in [0.25, 0.3) is 0 Å². The molecular formula is C17H12ClF3N4S. The first-order valence-corrected chi connectivity index (χ1v) is 8.51. The number of rotatable bonds is 4. The van der Waals surface area contributed by atoms with Crippen molar-refractivity contribution in [1.82, 2.24) is 9.97 Å². The summed E-state index contributed by atoms with van der Waals surface area (Å²) in [5.74, 6) is 0.180. The highest BCUT2D eigenvalue weighted by molar-refractivity contribution is 7.99. The Labute approximate surface area is 156 Å². The van der Waals surface area contributed by atoms with Gasteiger partial charge in [-0.3, -0.25) is 0 Å². The number of nitrogens with zero attached hydrogens (tertiary/aromatic N) is 2. The van der Waals surface area contributed by atoms with E-state index in [-0.39, 0.29) is 22.2 Å². The first kappa shape index (κ1) is 18.3. The monoisotopic (exact) mass is 396 g/mol. The highest BCUT2D eigenvalue weighted by Gasteiger charge is 2.31. The molecule has 0 aliphatic carbocycles. The number of hydrogen-bond donors (Lipinski definition) is 2. The quantitative estimate of drug-likeness (QED) is 0.560. The van der Waals surface area contributed by atoms with Gasteiger partial charge in [-0.15, -0.1) is 0 Å². The minimum atomic E-state index is -4.48. The summed E-state index contributed by atoms with van der Waals surface area (Å²) in [5.41, 5.74) is 5.53. The van der Waals surface area contributed by atoms with Gasteiger partial charge in [0.2, 0.25) is 0 Å². The summed E-state index contributed by atoms with van der Waals surface area (Å²) < 4.78 is 38.7. The van der Waals surface area contributed by atoms with Crippen LogP contribution in [0.25, 0.3) is 0 Å². The Morgan fingerprint density at radius 1 is 1.04 bits per heavy atom. The van der Waals surface area contributed by atoms with E-state index in [0.717, 1.165) is 17.0 Å². The second-order valence-corrected chi connectivity index (χ2v) is 6.64. The van der Waals surface area contributed by atoms with Crippen molar-refractivity contribution in [2.45, 2.75) is 16.1 Å². The van der Waals surface area contributed by atoms with Crippen LogP contribution in [0, 0.1) is 0 Å². The summed E-state index contributed by atoms with van der Waals surface area (Å²) in [4.78, 5) is 9.05. The van der Waals surface area contributed by atoms with Crippen LogP contribution in [-0.4, -0.2) is 9.97 Å². The van der Waals surface area contributed by atoms with E-state index in [1.54, 1.807) is 0 Å². The number of anilines is 3. The van der Waals surface area contributed by atoms with E-state index in [9.17, 15) is 13.2 Å². The number of aromatic nitrogens is 2. The third-order valence-electron chi connectivity index (χ3n) is 3.35. The van der Waals surface area contributed by atoms with Gasteiger partial charge in [0.05, 0.1) is 16.3 Å². The maximum absolute atomic E-state index is 12.9. The molecule has 0 radical (unpaired) electrons. The van der Waals surface area contributed by atoms with Crippen molar-refractivity contribution in [2.24, 2.45) is 0 Å². The predicted octanol–water partition coefficient (Wildman–Crippen LogP) is 5.63. The summed E-state index contributed by atoms with van der Waals surface area (Å²) in [6.45, 7) is 0. The lowest BCUT2D eigenvalue weighted by molar-refractivity contribution is -0.137. The molecule has 0 aliphatic heterocycles. The second-order valence-electron chi connectivity index (χ2n) is 5.17. The Kier molecular flexibility index (Phi) is 5.24. The van der Waals surface area contributed by atoms with Crippen molar-refractivity contribution in [3.8, 4) is 0 Å².